The summed E-state index contributed by atoms with van der Waals surface area (Å²) in [6.45, 7) is 8.20. The summed E-state index contributed by atoms with van der Waals surface area (Å²) in [6.07, 6.45) is 1.51. The number of rotatable bonds is 4. The number of morpholine rings is 2. The van der Waals surface area contributed by atoms with Crippen LogP contribution in [-0.2, 0) is 9.47 Å². The van der Waals surface area contributed by atoms with Gasteiger partial charge in [-0.2, -0.15) is 9.97 Å². The first-order chi connectivity index (χ1) is 16.0. The molecule has 2 saturated heterocycles. The summed E-state index contributed by atoms with van der Waals surface area (Å²) in [7, 11) is 0. The number of hydrogen-bond acceptors (Lipinski definition) is 10. The lowest BCUT2D eigenvalue weighted by atomic mass is 10.2. The van der Waals surface area contributed by atoms with Crippen LogP contribution in [0.15, 0.2) is 18.5 Å². The van der Waals surface area contributed by atoms with Crippen molar-refractivity contribution < 1.29 is 14.3 Å². The lowest BCUT2D eigenvalue weighted by Gasteiger charge is -2.36. The van der Waals surface area contributed by atoms with Crippen LogP contribution in [0.1, 0.15) is 24.3 Å². The van der Waals surface area contributed by atoms with Crippen molar-refractivity contribution in [3.63, 3.8) is 0 Å². The Hall–Kier alpha value is -3.51. The van der Waals surface area contributed by atoms with Crippen LogP contribution in [0.4, 0.5) is 23.4 Å². The van der Waals surface area contributed by atoms with Crippen molar-refractivity contribution in [1.82, 2.24) is 24.9 Å². The topological polar surface area (TPSA) is 147 Å². The number of carbonyl (C=O) groups is 1. The van der Waals surface area contributed by atoms with E-state index < -0.39 is 5.91 Å². The molecule has 2 aliphatic rings. The van der Waals surface area contributed by atoms with Crippen LogP contribution in [-0.4, -0.2) is 82.4 Å². The van der Waals surface area contributed by atoms with Gasteiger partial charge in [0, 0.05) is 26.2 Å². The number of hydrogen-bond donors (Lipinski definition) is 3. The Bertz CT molecular complexity index is 1150. The van der Waals surface area contributed by atoms with E-state index in [1.54, 1.807) is 6.07 Å². The zero-order valence-electron chi connectivity index (χ0n) is 18.6. The minimum atomic E-state index is -0.445. The van der Waals surface area contributed by atoms with Crippen LogP contribution in [0.3, 0.4) is 0 Å². The first-order valence-electron chi connectivity index (χ1n) is 11.0. The largest absolute Gasteiger partial charge is 0.383 e. The maximum absolute atomic E-state index is 12.5. The third-order valence-corrected chi connectivity index (χ3v) is 5.67. The first-order valence-corrected chi connectivity index (χ1v) is 11.0. The molecule has 2 fully saturated rings. The number of aromatic nitrogens is 5. The van der Waals surface area contributed by atoms with Gasteiger partial charge in [0.2, 0.25) is 5.95 Å². The Morgan fingerprint density at radius 3 is 2.58 bits per heavy atom. The molecule has 4 N–H and O–H groups in total. The summed E-state index contributed by atoms with van der Waals surface area (Å²) < 4.78 is 11.4. The van der Waals surface area contributed by atoms with Crippen molar-refractivity contribution in [1.29, 1.82) is 0 Å². The fraction of sp³-hybridized carbons (Fsp3) is 0.476. The number of nitrogen functional groups attached to an aromatic ring is 1. The summed E-state index contributed by atoms with van der Waals surface area (Å²) >= 11 is 0. The molecule has 3 aromatic heterocycles. The van der Waals surface area contributed by atoms with Gasteiger partial charge in [-0.25, -0.2) is 9.97 Å². The predicted molar refractivity (Wildman–Crippen MR) is 124 cm³/mol. The Morgan fingerprint density at radius 2 is 1.88 bits per heavy atom. The molecule has 12 heteroatoms. The molecule has 3 aromatic rings. The Kier molecular flexibility index (Phi) is 5.68. The molecule has 1 amide bonds. The molecule has 0 radical (unpaired) electrons. The smallest absolute Gasteiger partial charge is 0.279 e. The van der Waals surface area contributed by atoms with Crippen LogP contribution < -0.4 is 20.9 Å². The Labute approximate surface area is 190 Å². The average molecular weight is 454 g/mol. The van der Waals surface area contributed by atoms with Crippen molar-refractivity contribution >= 4 is 40.3 Å². The summed E-state index contributed by atoms with van der Waals surface area (Å²) in [5.74, 6) is 1.52. The van der Waals surface area contributed by atoms with Crippen LogP contribution in [0.25, 0.3) is 11.0 Å². The minimum absolute atomic E-state index is 0.0674. The van der Waals surface area contributed by atoms with Gasteiger partial charge >= 0.3 is 0 Å². The fourth-order valence-corrected chi connectivity index (χ4v) is 4.21. The second kappa shape index (κ2) is 8.79. The number of nitrogens with one attached hydrogen (secondary N) is 2. The second-order valence-electron chi connectivity index (χ2n) is 8.30. The second-order valence-corrected chi connectivity index (χ2v) is 8.30. The van der Waals surface area contributed by atoms with Gasteiger partial charge in [-0.15, -0.1) is 0 Å². The molecule has 33 heavy (non-hydrogen) atoms. The van der Waals surface area contributed by atoms with E-state index in [2.05, 4.69) is 30.1 Å². The quantitative estimate of drug-likeness (QED) is 0.523. The van der Waals surface area contributed by atoms with Crippen molar-refractivity contribution in [2.24, 2.45) is 0 Å². The van der Waals surface area contributed by atoms with Gasteiger partial charge in [0.25, 0.3) is 5.91 Å². The highest BCUT2D eigenvalue weighted by Crippen LogP contribution is 2.29. The van der Waals surface area contributed by atoms with E-state index >= 15 is 0 Å². The summed E-state index contributed by atoms with van der Waals surface area (Å²) in [6, 6.07) is 3.61. The maximum Gasteiger partial charge on any atom is 0.279 e. The average Bonchev–Trinajstić information content (AvgIpc) is 3.24. The summed E-state index contributed by atoms with van der Waals surface area (Å²) in [5.41, 5.74) is 6.38. The lowest BCUT2D eigenvalue weighted by Crippen LogP contribution is -2.46. The highest BCUT2D eigenvalue weighted by atomic mass is 16.5. The number of ether oxygens (including phenoxy) is 2. The highest BCUT2D eigenvalue weighted by Gasteiger charge is 2.27. The molecule has 0 aromatic carbocycles. The fourth-order valence-electron chi connectivity index (χ4n) is 4.21. The normalized spacial score (nSPS) is 21.4. The molecule has 0 aliphatic carbocycles. The molecule has 174 valence electrons. The first kappa shape index (κ1) is 21.3. The lowest BCUT2D eigenvalue weighted by molar-refractivity contribution is -0.00570. The van der Waals surface area contributed by atoms with Gasteiger partial charge in [0.15, 0.2) is 11.3 Å². The van der Waals surface area contributed by atoms with Crippen molar-refractivity contribution in [2.45, 2.75) is 26.1 Å². The standard InChI is InChI=1S/C21H27N9O3/c1-12-9-30(10-13(2)33-12)21-27-18-14(19(28-21)29-5-7-32-8-6-29)3-4-15(25-18)26-20(31)16-17(22)24-11-23-16/h3-4,11-13H,5-10,22H2,1-2H3,(H,23,24)(H,25,26,27,28,31). The van der Waals surface area contributed by atoms with Crippen LogP contribution in [0.5, 0.6) is 0 Å². The van der Waals surface area contributed by atoms with Gasteiger partial charge in [-0.1, -0.05) is 0 Å². The molecule has 0 bridgehead atoms. The molecule has 5 rings (SSSR count). The van der Waals surface area contributed by atoms with Crippen LogP contribution in [0, 0.1) is 0 Å². The predicted octanol–water partition coefficient (Wildman–Crippen LogP) is 1.03. The molecular weight excluding hydrogens is 426 g/mol. The van der Waals surface area contributed by atoms with Gasteiger partial charge in [0.1, 0.15) is 17.5 Å². The van der Waals surface area contributed by atoms with E-state index in [1.807, 2.05) is 19.9 Å². The van der Waals surface area contributed by atoms with Crippen molar-refractivity contribution in [2.75, 3.05) is 60.2 Å². The number of imidazole rings is 1. The third-order valence-electron chi connectivity index (χ3n) is 5.67. The zero-order chi connectivity index (χ0) is 22.9. The van der Waals surface area contributed by atoms with E-state index in [-0.39, 0.29) is 23.7 Å². The van der Waals surface area contributed by atoms with E-state index in [4.69, 9.17) is 25.2 Å². The monoisotopic (exact) mass is 453 g/mol. The van der Waals surface area contributed by atoms with E-state index in [0.29, 0.717) is 43.7 Å². The molecule has 0 saturated carbocycles. The highest BCUT2D eigenvalue weighted by molar-refractivity contribution is 6.05. The van der Waals surface area contributed by atoms with E-state index in [1.165, 1.54) is 6.33 Å². The number of pyridine rings is 1. The molecule has 12 nitrogen and oxygen atoms in total. The van der Waals surface area contributed by atoms with Crippen LogP contribution >= 0.6 is 0 Å². The number of aromatic amines is 1. The molecule has 2 aliphatic heterocycles. The third kappa shape index (κ3) is 4.39. The van der Waals surface area contributed by atoms with Gasteiger partial charge in [-0.3, -0.25) is 4.79 Å². The number of anilines is 4. The van der Waals surface area contributed by atoms with E-state index in [0.717, 1.165) is 24.3 Å². The van der Waals surface area contributed by atoms with E-state index in [9.17, 15) is 4.79 Å². The van der Waals surface area contributed by atoms with Gasteiger partial charge < -0.3 is 35.3 Å². The van der Waals surface area contributed by atoms with Crippen molar-refractivity contribution in [3.8, 4) is 0 Å². The Balaban J connectivity index is 1.53. The van der Waals surface area contributed by atoms with Gasteiger partial charge in [-0.05, 0) is 26.0 Å². The minimum Gasteiger partial charge on any atom is -0.383 e. The summed E-state index contributed by atoms with van der Waals surface area (Å²) in [5, 5.41) is 3.56. The van der Waals surface area contributed by atoms with Crippen molar-refractivity contribution in [3.05, 3.63) is 24.2 Å². The van der Waals surface area contributed by atoms with Crippen LogP contribution in [0.2, 0.25) is 0 Å². The number of nitrogens with two attached hydrogens (primary N) is 1. The maximum atomic E-state index is 12.5. The Morgan fingerprint density at radius 1 is 1.12 bits per heavy atom. The number of H-pyrrole nitrogens is 1. The van der Waals surface area contributed by atoms with Gasteiger partial charge in [0.05, 0.1) is 37.1 Å². The molecular formula is C21H27N9O3. The molecule has 2 unspecified atom stereocenters. The molecule has 2 atom stereocenters. The number of fused-ring (bicyclic) bond motifs is 1. The summed E-state index contributed by atoms with van der Waals surface area (Å²) in [4.78, 5) is 37.8. The number of nitrogens with zero attached hydrogens (tertiary/aromatic N) is 6. The number of carbonyl (C=O) groups excluding carboxylic acids is 1. The zero-order valence-corrected chi connectivity index (χ0v) is 18.6. The number of amides is 1. The SMILES string of the molecule is CC1CN(c2nc(N3CCOCC3)c3ccc(NC(=O)c4nc[nH]c4N)nc3n2)CC(C)O1. The molecule has 5 heterocycles. The molecule has 0 spiro atoms.